The minimum atomic E-state index is -0.0730. The third-order valence-corrected chi connectivity index (χ3v) is 4.81. The van der Waals surface area contributed by atoms with Gasteiger partial charge < -0.3 is 9.84 Å². The summed E-state index contributed by atoms with van der Waals surface area (Å²) < 4.78 is 5.83. The van der Waals surface area contributed by atoms with E-state index in [4.69, 9.17) is 4.74 Å². The third-order valence-electron chi connectivity index (χ3n) is 4.81. The van der Waals surface area contributed by atoms with Crippen molar-refractivity contribution in [3.8, 4) is 5.75 Å². The SMILES string of the molecule is CCCCCCCCOc1ccc(C2CCC(O)CC2)cc1. The van der Waals surface area contributed by atoms with Crippen molar-refractivity contribution in [2.45, 2.75) is 83.2 Å². The summed E-state index contributed by atoms with van der Waals surface area (Å²) in [5, 5.41) is 9.59. The van der Waals surface area contributed by atoms with E-state index in [1.165, 1.54) is 37.7 Å². The number of ether oxygens (including phenoxy) is 1. The topological polar surface area (TPSA) is 29.5 Å². The summed E-state index contributed by atoms with van der Waals surface area (Å²) in [6.45, 7) is 3.09. The monoisotopic (exact) mass is 304 g/mol. The van der Waals surface area contributed by atoms with E-state index in [1.54, 1.807) is 0 Å². The number of rotatable bonds is 9. The molecule has 1 N–H and O–H groups in total. The van der Waals surface area contributed by atoms with Crippen LogP contribution in [0.1, 0.15) is 82.6 Å². The fraction of sp³-hybridized carbons (Fsp3) is 0.700. The summed E-state index contributed by atoms with van der Waals surface area (Å²) >= 11 is 0. The highest BCUT2D eigenvalue weighted by atomic mass is 16.5. The molecule has 0 radical (unpaired) electrons. The van der Waals surface area contributed by atoms with E-state index in [0.717, 1.165) is 44.5 Å². The van der Waals surface area contributed by atoms with E-state index in [0.29, 0.717) is 5.92 Å². The Kier molecular flexibility index (Phi) is 7.79. The maximum Gasteiger partial charge on any atom is 0.119 e. The Morgan fingerprint density at radius 3 is 2.23 bits per heavy atom. The van der Waals surface area contributed by atoms with Gasteiger partial charge in [-0.05, 0) is 55.7 Å². The summed E-state index contributed by atoms with van der Waals surface area (Å²) in [7, 11) is 0. The summed E-state index contributed by atoms with van der Waals surface area (Å²) in [5.41, 5.74) is 1.40. The van der Waals surface area contributed by atoms with Crippen LogP contribution in [0.5, 0.6) is 5.75 Å². The molecule has 2 rings (SSSR count). The molecule has 0 saturated heterocycles. The number of benzene rings is 1. The van der Waals surface area contributed by atoms with Crippen LogP contribution < -0.4 is 4.74 Å². The molecule has 0 aromatic heterocycles. The Balaban J connectivity index is 1.64. The van der Waals surface area contributed by atoms with Crippen LogP contribution >= 0.6 is 0 Å². The van der Waals surface area contributed by atoms with Crippen molar-refractivity contribution in [2.75, 3.05) is 6.61 Å². The van der Waals surface area contributed by atoms with Crippen molar-refractivity contribution < 1.29 is 9.84 Å². The van der Waals surface area contributed by atoms with Crippen molar-refractivity contribution >= 4 is 0 Å². The van der Waals surface area contributed by atoms with E-state index >= 15 is 0 Å². The van der Waals surface area contributed by atoms with Crippen LogP contribution in [0, 0.1) is 0 Å². The number of unbranched alkanes of at least 4 members (excludes halogenated alkanes) is 5. The number of aliphatic hydroxyl groups is 1. The maximum atomic E-state index is 9.59. The minimum Gasteiger partial charge on any atom is -0.494 e. The van der Waals surface area contributed by atoms with Gasteiger partial charge in [-0.25, -0.2) is 0 Å². The van der Waals surface area contributed by atoms with Crippen LogP contribution in [0.4, 0.5) is 0 Å². The van der Waals surface area contributed by atoms with E-state index in [9.17, 15) is 5.11 Å². The molecule has 0 amide bonds. The second kappa shape index (κ2) is 9.89. The zero-order chi connectivity index (χ0) is 15.6. The summed E-state index contributed by atoms with van der Waals surface area (Å²) in [4.78, 5) is 0. The fourth-order valence-electron chi connectivity index (χ4n) is 3.32. The first-order chi connectivity index (χ1) is 10.8. The van der Waals surface area contributed by atoms with Gasteiger partial charge >= 0.3 is 0 Å². The molecule has 0 unspecified atom stereocenters. The highest BCUT2D eigenvalue weighted by molar-refractivity contribution is 5.29. The fourth-order valence-corrected chi connectivity index (χ4v) is 3.32. The predicted molar refractivity (Wildman–Crippen MR) is 92.5 cm³/mol. The third kappa shape index (κ3) is 6.00. The molecule has 124 valence electrons. The Labute approximate surface area is 135 Å². The van der Waals surface area contributed by atoms with Gasteiger partial charge in [-0.1, -0.05) is 51.2 Å². The van der Waals surface area contributed by atoms with Crippen LogP contribution in [0.3, 0.4) is 0 Å². The van der Waals surface area contributed by atoms with Gasteiger partial charge in [-0.15, -0.1) is 0 Å². The first-order valence-electron chi connectivity index (χ1n) is 9.20. The normalized spacial score (nSPS) is 21.7. The van der Waals surface area contributed by atoms with Gasteiger partial charge in [0.2, 0.25) is 0 Å². The first kappa shape index (κ1) is 17.3. The van der Waals surface area contributed by atoms with E-state index in [-0.39, 0.29) is 6.10 Å². The zero-order valence-corrected chi connectivity index (χ0v) is 14.1. The quantitative estimate of drug-likeness (QED) is 0.615. The highest BCUT2D eigenvalue weighted by Gasteiger charge is 2.20. The van der Waals surface area contributed by atoms with Crippen molar-refractivity contribution in [2.24, 2.45) is 0 Å². The van der Waals surface area contributed by atoms with Crippen molar-refractivity contribution in [3.63, 3.8) is 0 Å². The highest BCUT2D eigenvalue weighted by Crippen LogP contribution is 2.33. The predicted octanol–water partition coefficient (Wildman–Crippen LogP) is 5.44. The van der Waals surface area contributed by atoms with Gasteiger partial charge in [0.15, 0.2) is 0 Å². The largest absolute Gasteiger partial charge is 0.494 e. The second-order valence-corrected chi connectivity index (χ2v) is 6.69. The average molecular weight is 304 g/mol. The summed E-state index contributed by atoms with van der Waals surface area (Å²) in [6.07, 6.45) is 11.8. The van der Waals surface area contributed by atoms with Crippen LogP contribution in [0.15, 0.2) is 24.3 Å². The van der Waals surface area contributed by atoms with Crippen LogP contribution in [-0.2, 0) is 0 Å². The molecule has 1 aromatic carbocycles. The van der Waals surface area contributed by atoms with Crippen molar-refractivity contribution in [3.05, 3.63) is 29.8 Å². The maximum absolute atomic E-state index is 9.59. The Bertz CT molecular complexity index is 391. The molecule has 0 heterocycles. The molecular weight excluding hydrogens is 272 g/mol. The first-order valence-corrected chi connectivity index (χ1v) is 9.20. The smallest absolute Gasteiger partial charge is 0.119 e. The standard InChI is InChI=1S/C20H32O2/c1-2-3-4-5-6-7-16-22-20-14-10-18(11-15-20)17-8-12-19(21)13-9-17/h10-11,14-15,17,19,21H,2-9,12-13,16H2,1H3. The van der Waals surface area contributed by atoms with Gasteiger partial charge in [-0.3, -0.25) is 0 Å². The number of aliphatic hydroxyl groups excluding tert-OH is 1. The molecule has 1 saturated carbocycles. The van der Waals surface area contributed by atoms with Gasteiger partial charge in [0, 0.05) is 0 Å². The van der Waals surface area contributed by atoms with Gasteiger partial charge in [0.05, 0.1) is 12.7 Å². The molecular formula is C20H32O2. The van der Waals surface area contributed by atoms with E-state index < -0.39 is 0 Å². The van der Waals surface area contributed by atoms with E-state index in [2.05, 4.69) is 31.2 Å². The Hall–Kier alpha value is -1.02. The summed E-state index contributed by atoms with van der Waals surface area (Å²) in [5.74, 6) is 1.61. The molecule has 1 aromatic rings. The lowest BCUT2D eigenvalue weighted by molar-refractivity contribution is 0.122. The molecule has 1 aliphatic carbocycles. The molecule has 1 fully saturated rings. The van der Waals surface area contributed by atoms with E-state index in [1.807, 2.05) is 0 Å². The molecule has 1 aliphatic rings. The number of hydrogen-bond donors (Lipinski definition) is 1. The summed E-state index contributed by atoms with van der Waals surface area (Å²) in [6, 6.07) is 8.63. The molecule has 2 heteroatoms. The average Bonchev–Trinajstić information content (AvgIpc) is 2.55. The molecule has 0 atom stereocenters. The van der Waals surface area contributed by atoms with Crippen molar-refractivity contribution in [1.82, 2.24) is 0 Å². The van der Waals surface area contributed by atoms with Crippen LogP contribution in [0.25, 0.3) is 0 Å². The minimum absolute atomic E-state index is 0.0730. The molecule has 0 aliphatic heterocycles. The lowest BCUT2D eigenvalue weighted by Gasteiger charge is -2.25. The number of hydrogen-bond acceptors (Lipinski definition) is 2. The van der Waals surface area contributed by atoms with Crippen molar-refractivity contribution in [1.29, 1.82) is 0 Å². The molecule has 22 heavy (non-hydrogen) atoms. The second-order valence-electron chi connectivity index (χ2n) is 6.69. The Morgan fingerprint density at radius 1 is 0.909 bits per heavy atom. The molecule has 2 nitrogen and oxygen atoms in total. The van der Waals surface area contributed by atoms with Gasteiger partial charge in [0.25, 0.3) is 0 Å². The van der Waals surface area contributed by atoms with Gasteiger partial charge in [-0.2, -0.15) is 0 Å². The Morgan fingerprint density at radius 2 is 1.55 bits per heavy atom. The van der Waals surface area contributed by atoms with Crippen LogP contribution in [-0.4, -0.2) is 17.8 Å². The van der Waals surface area contributed by atoms with Crippen LogP contribution in [0.2, 0.25) is 0 Å². The lowest BCUT2D eigenvalue weighted by Crippen LogP contribution is -2.16. The zero-order valence-electron chi connectivity index (χ0n) is 14.1. The lowest BCUT2D eigenvalue weighted by atomic mass is 9.83. The van der Waals surface area contributed by atoms with Gasteiger partial charge in [0.1, 0.15) is 5.75 Å². The molecule has 0 bridgehead atoms. The molecule has 0 spiro atoms.